The lowest BCUT2D eigenvalue weighted by Crippen LogP contribution is -2.45. The fraction of sp³-hybridized carbons (Fsp3) is 0.857. The van der Waals surface area contributed by atoms with E-state index in [-0.39, 0.29) is 6.29 Å². The molecule has 0 aliphatic heterocycles. The van der Waals surface area contributed by atoms with Gasteiger partial charge in [0, 0.05) is 7.11 Å². The molecule has 0 spiro atoms. The van der Waals surface area contributed by atoms with Crippen molar-refractivity contribution in [2.45, 2.75) is 31.3 Å². The number of aliphatic hydroxyl groups is 3. The SMILES string of the molecule is CO[C@H]([C@@H](O)[C@H](C)O)[C@@H](O)C=O. The molecular formula is C7H14O5. The fourth-order valence-electron chi connectivity index (χ4n) is 0.833. The normalized spacial score (nSPS) is 21.1. The van der Waals surface area contributed by atoms with Crippen LogP contribution in [0.25, 0.3) is 0 Å². The van der Waals surface area contributed by atoms with Crippen LogP contribution in [0.3, 0.4) is 0 Å². The van der Waals surface area contributed by atoms with Crippen LogP contribution in [0.15, 0.2) is 0 Å². The Labute approximate surface area is 70.6 Å². The Morgan fingerprint density at radius 3 is 2.08 bits per heavy atom. The fourth-order valence-corrected chi connectivity index (χ4v) is 0.833. The number of hydrogen-bond acceptors (Lipinski definition) is 5. The van der Waals surface area contributed by atoms with Crippen molar-refractivity contribution in [2.24, 2.45) is 0 Å². The van der Waals surface area contributed by atoms with Crippen molar-refractivity contribution in [3.63, 3.8) is 0 Å². The Morgan fingerprint density at radius 2 is 1.83 bits per heavy atom. The third kappa shape index (κ3) is 2.86. The molecule has 5 nitrogen and oxygen atoms in total. The van der Waals surface area contributed by atoms with Crippen LogP contribution < -0.4 is 0 Å². The van der Waals surface area contributed by atoms with Gasteiger partial charge in [-0.3, -0.25) is 0 Å². The monoisotopic (exact) mass is 178 g/mol. The van der Waals surface area contributed by atoms with Crippen molar-refractivity contribution in [1.82, 2.24) is 0 Å². The van der Waals surface area contributed by atoms with Crippen LogP contribution in [0.4, 0.5) is 0 Å². The molecular weight excluding hydrogens is 164 g/mol. The van der Waals surface area contributed by atoms with Crippen molar-refractivity contribution in [3.8, 4) is 0 Å². The number of methoxy groups -OCH3 is 1. The molecule has 0 fully saturated rings. The van der Waals surface area contributed by atoms with Crippen LogP contribution in [-0.4, -0.2) is 53.1 Å². The Kier molecular flexibility index (Phi) is 5.00. The third-order valence-electron chi connectivity index (χ3n) is 1.58. The minimum atomic E-state index is -1.42. The van der Waals surface area contributed by atoms with Gasteiger partial charge in [0.15, 0.2) is 6.29 Å². The van der Waals surface area contributed by atoms with Gasteiger partial charge in [-0.1, -0.05) is 0 Å². The topological polar surface area (TPSA) is 87.0 Å². The van der Waals surface area contributed by atoms with E-state index >= 15 is 0 Å². The average Bonchev–Trinajstić information content (AvgIpc) is 2.05. The first kappa shape index (κ1) is 11.5. The summed E-state index contributed by atoms with van der Waals surface area (Å²) in [6, 6.07) is 0. The third-order valence-corrected chi connectivity index (χ3v) is 1.58. The second-order valence-corrected chi connectivity index (χ2v) is 2.56. The molecule has 0 saturated heterocycles. The van der Waals surface area contributed by atoms with Crippen molar-refractivity contribution >= 4 is 6.29 Å². The number of hydrogen-bond donors (Lipinski definition) is 3. The van der Waals surface area contributed by atoms with Crippen LogP contribution in [-0.2, 0) is 9.53 Å². The molecule has 0 saturated carbocycles. The Bertz CT molecular complexity index is 136. The van der Waals surface area contributed by atoms with E-state index < -0.39 is 24.4 Å². The molecule has 0 amide bonds. The van der Waals surface area contributed by atoms with Crippen LogP contribution in [0.5, 0.6) is 0 Å². The first-order valence-corrected chi connectivity index (χ1v) is 3.56. The highest BCUT2D eigenvalue weighted by atomic mass is 16.5. The summed E-state index contributed by atoms with van der Waals surface area (Å²) < 4.78 is 4.63. The number of rotatable bonds is 5. The van der Waals surface area contributed by atoms with Gasteiger partial charge in [0.1, 0.15) is 18.3 Å². The lowest BCUT2D eigenvalue weighted by atomic mass is 10.1. The maximum atomic E-state index is 10.1. The smallest absolute Gasteiger partial charge is 0.151 e. The summed E-state index contributed by atoms with van der Waals surface area (Å²) in [4.78, 5) is 10.1. The maximum absolute atomic E-state index is 10.1. The Hall–Kier alpha value is -0.490. The van der Waals surface area contributed by atoms with Crippen LogP contribution in [0, 0.1) is 0 Å². The van der Waals surface area contributed by atoms with Crippen LogP contribution in [0.1, 0.15) is 6.92 Å². The highest BCUT2D eigenvalue weighted by Gasteiger charge is 2.29. The molecule has 5 heteroatoms. The van der Waals surface area contributed by atoms with Gasteiger partial charge in [-0.05, 0) is 6.92 Å². The summed E-state index contributed by atoms with van der Waals surface area (Å²) in [6.07, 6.45) is -4.57. The zero-order valence-electron chi connectivity index (χ0n) is 7.04. The maximum Gasteiger partial charge on any atom is 0.151 e. The van der Waals surface area contributed by atoms with Crippen LogP contribution >= 0.6 is 0 Å². The number of carbonyl (C=O) groups is 1. The van der Waals surface area contributed by atoms with E-state index in [1.807, 2.05) is 0 Å². The summed E-state index contributed by atoms with van der Waals surface area (Å²) in [6.45, 7) is 1.34. The molecule has 0 aromatic heterocycles. The Balaban J connectivity index is 4.22. The lowest BCUT2D eigenvalue weighted by Gasteiger charge is -2.24. The van der Waals surface area contributed by atoms with E-state index in [0.717, 1.165) is 0 Å². The summed E-state index contributed by atoms with van der Waals surface area (Å²) in [7, 11) is 1.24. The lowest BCUT2D eigenvalue weighted by molar-refractivity contribution is -0.138. The molecule has 4 atom stereocenters. The number of aldehydes is 1. The van der Waals surface area contributed by atoms with Crippen molar-refractivity contribution < 1.29 is 24.9 Å². The second kappa shape index (κ2) is 5.21. The molecule has 0 bridgehead atoms. The minimum absolute atomic E-state index is 0.250. The standard InChI is InChI=1S/C7H14O5/c1-4(9)6(11)7(12-2)5(10)3-8/h3-7,9-11H,1-2H3/t4-,5-,6-,7-/m0/s1. The first-order chi connectivity index (χ1) is 5.54. The van der Waals surface area contributed by atoms with Gasteiger partial charge in [0.05, 0.1) is 6.10 Å². The minimum Gasteiger partial charge on any atom is -0.391 e. The van der Waals surface area contributed by atoms with Crippen molar-refractivity contribution in [1.29, 1.82) is 0 Å². The average molecular weight is 178 g/mol. The van der Waals surface area contributed by atoms with Gasteiger partial charge in [0.2, 0.25) is 0 Å². The molecule has 0 aromatic rings. The van der Waals surface area contributed by atoms with Crippen molar-refractivity contribution in [2.75, 3.05) is 7.11 Å². The summed E-state index contributed by atoms with van der Waals surface area (Å²) >= 11 is 0. The van der Waals surface area contributed by atoms with Gasteiger partial charge < -0.3 is 24.9 Å². The zero-order valence-corrected chi connectivity index (χ0v) is 7.04. The van der Waals surface area contributed by atoms with E-state index in [0.29, 0.717) is 0 Å². The van der Waals surface area contributed by atoms with Gasteiger partial charge in [-0.25, -0.2) is 0 Å². The largest absolute Gasteiger partial charge is 0.391 e. The van der Waals surface area contributed by atoms with Crippen LogP contribution in [0.2, 0.25) is 0 Å². The van der Waals surface area contributed by atoms with E-state index in [2.05, 4.69) is 4.74 Å². The molecule has 3 N–H and O–H groups in total. The predicted molar refractivity (Wildman–Crippen MR) is 40.6 cm³/mol. The molecule has 0 unspecified atom stereocenters. The number of carbonyl (C=O) groups excluding carboxylic acids is 1. The number of ether oxygens (including phenoxy) is 1. The molecule has 0 radical (unpaired) electrons. The highest BCUT2D eigenvalue weighted by molar-refractivity contribution is 5.56. The molecule has 0 rings (SSSR count). The molecule has 72 valence electrons. The van der Waals surface area contributed by atoms with E-state index in [1.54, 1.807) is 0 Å². The predicted octanol–water partition coefficient (Wildman–Crippen LogP) is -1.70. The molecule has 0 heterocycles. The number of aliphatic hydroxyl groups excluding tert-OH is 3. The molecule has 12 heavy (non-hydrogen) atoms. The molecule has 0 aliphatic carbocycles. The van der Waals surface area contributed by atoms with E-state index in [9.17, 15) is 9.90 Å². The summed E-state index contributed by atoms with van der Waals surface area (Å²) in [5.41, 5.74) is 0. The van der Waals surface area contributed by atoms with Gasteiger partial charge in [0.25, 0.3) is 0 Å². The van der Waals surface area contributed by atoms with E-state index in [1.165, 1.54) is 14.0 Å². The van der Waals surface area contributed by atoms with Gasteiger partial charge in [-0.2, -0.15) is 0 Å². The van der Waals surface area contributed by atoms with Crippen molar-refractivity contribution in [3.05, 3.63) is 0 Å². The Morgan fingerprint density at radius 1 is 1.33 bits per heavy atom. The quantitative estimate of drug-likeness (QED) is 0.437. The molecule has 0 aliphatic rings. The summed E-state index contributed by atoms with van der Waals surface area (Å²) in [5, 5.41) is 27.1. The van der Waals surface area contributed by atoms with E-state index in [4.69, 9.17) is 10.2 Å². The summed E-state index contributed by atoms with van der Waals surface area (Å²) in [5.74, 6) is 0. The highest BCUT2D eigenvalue weighted by Crippen LogP contribution is 2.06. The molecule has 0 aromatic carbocycles. The van der Waals surface area contributed by atoms with Gasteiger partial charge in [-0.15, -0.1) is 0 Å². The first-order valence-electron chi connectivity index (χ1n) is 3.56. The second-order valence-electron chi connectivity index (χ2n) is 2.56. The zero-order chi connectivity index (χ0) is 9.72. The van der Waals surface area contributed by atoms with Gasteiger partial charge >= 0.3 is 0 Å².